The molecule has 1 atom stereocenters. The van der Waals surface area contributed by atoms with Crippen LogP contribution in [0, 0.1) is 5.92 Å². The van der Waals surface area contributed by atoms with Gasteiger partial charge in [0.2, 0.25) is 0 Å². The average molecular weight is 335 g/mol. The van der Waals surface area contributed by atoms with Gasteiger partial charge in [0.1, 0.15) is 5.92 Å². The molecule has 0 saturated carbocycles. The van der Waals surface area contributed by atoms with Crippen LogP contribution in [0.2, 0.25) is 0 Å². The molecule has 0 saturated heterocycles. The Labute approximate surface area is 147 Å². The van der Waals surface area contributed by atoms with Crippen LogP contribution in [0.1, 0.15) is 22.8 Å². The number of carbonyl (C=O) groups excluding carboxylic acids is 2. The molecule has 0 N–H and O–H groups in total. The molecular formula is C21H21NO3. The molecule has 0 fully saturated rings. The second kappa shape index (κ2) is 7.34. The fourth-order valence-corrected chi connectivity index (χ4v) is 3.14. The number of aryl methyl sites for hydroxylation is 1. The predicted octanol–water partition coefficient (Wildman–Crippen LogP) is 3.78. The van der Waals surface area contributed by atoms with Gasteiger partial charge >= 0.3 is 5.97 Å². The standard InChI is InChI=1S/C21H21NO3/c1-3-25-21(24)18(20(23)15-9-5-4-6-10-15)13-16-14-22(2)19-12-8-7-11-17(16)19/h4-12,14,18H,3,13H2,1-2H3. The SMILES string of the molecule is CCOC(=O)C(Cc1cn(C)c2ccccc12)C(=O)c1ccccc1. The smallest absolute Gasteiger partial charge is 0.317 e. The number of Topliss-reactive ketones (excluding diaryl/α,β-unsaturated/α-hetero) is 1. The number of benzene rings is 2. The van der Waals surface area contributed by atoms with E-state index >= 15 is 0 Å². The maximum Gasteiger partial charge on any atom is 0.317 e. The number of esters is 1. The van der Waals surface area contributed by atoms with Crippen molar-refractivity contribution in [1.82, 2.24) is 4.57 Å². The second-order valence-corrected chi connectivity index (χ2v) is 6.02. The van der Waals surface area contributed by atoms with Gasteiger partial charge in [-0.15, -0.1) is 0 Å². The molecule has 0 aliphatic heterocycles. The number of nitrogens with zero attached hydrogens (tertiary/aromatic N) is 1. The normalized spacial score (nSPS) is 12.1. The Morgan fingerprint density at radius 1 is 1.04 bits per heavy atom. The van der Waals surface area contributed by atoms with Crippen LogP contribution in [0.15, 0.2) is 60.8 Å². The van der Waals surface area contributed by atoms with Gasteiger partial charge in [0.05, 0.1) is 6.61 Å². The Kier molecular flexibility index (Phi) is 4.98. The van der Waals surface area contributed by atoms with Gasteiger partial charge < -0.3 is 9.30 Å². The Morgan fingerprint density at radius 3 is 2.44 bits per heavy atom. The average Bonchev–Trinajstić information content (AvgIpc) is 2.96. The van der Waals surface area contributed by atoms with Gasteiger partial charge in [-0.1, -0.05) is 48.5 Å². The first-order chi connectivity index (χ1) is 12.1. The van der Waals surface area contributed by atoms with E-state index < -0.39 is 11.9 Å². The quantitative estimate of drug-likeness (QED) is 0.391. The third kappa shape index (κ3) is 3.48. The summed E-state index contributed by atoms with van der Waals surface area (Å²) < 4.78 is 7.18. The summed E-state index contributed by atoms with van der Waals surface area (Å²) in [6.07, 6.45) is 2.31. The minimum atomic E-state index is -0.840. The molecule has 25 heavy (non-hydrogen) atoms. The minimum absolute atomic E-state index is 0.202. The van der Waals surface area contributed by atoms with E-state index in [-0.39, 0.29) is 12.4 Å². The first-order valence-electron chi connectivity index (χ1n) is 8.40. The van der Waals surface area contributed by atoms with Gasteiger partial charge in [-0.3, -0.25) is 9.59 Å². The summed E-state index contributed by atoms with van der Waals surface area (Å²) in [7, 11) is 1.96. The molecule has 1 unspecified atom stereocenters. The molecule has 2 aromatic carbocycles. The first-order valence-corrected chi connectivity index (χ1v) is 8.40. The number of hydrogen-bond acceptors (Lipinski definition) is 3. The van der Waals surface area contributed by atoms with E-state index in [9.17, 15) is 9.59 Å². The molecule has 1 heterocycles. The lowest BCUT2D eigenvalue weighted by Gasteiger charge is -2.14. The van der Waals surface area contributed by atoms with E-state index in [4.69, 9.17) is 4.74 Å². The first kappa shape index (κ1) is 17.0. The summed E-state index contributed by atoms with van der Waals surface area (Å²) in [5, 5.41) is 1.06. The molecule has 0 spiro atoms. The molecule has 1 aromatic heterocycles. The number of para-hydroxylation sites is 1. The molecule has 3 rings (SSSR count). The molecule has 0 amide bonds. The predicted molar refractivity (Wildman–Crippen MR) is 97.5 cm³/mol. The number of ketones is 1. The zero-order chi connectivity index (χ0) is 17.8. The van der Waals surface area contributed by atoms with Crippen molar-refractivity contribution in [2.75, 3.05) is 6.61 Å². The second-order valence-electron chi connectivity index (χ2n) is 6.02. The number of aromatic nitrogens is 1. The molecule has 0 aliphatic carbocycles. The molecule has 128 valence electrons. The van der Waals surface area contributed by atoms with E-state index in [1.165, 1.54) is 0 Å². The molecule has 3 aromatic rings. The van der Waals surface area contributed by atoms with Gasteiger partial charge in [-0.25, -0.2) is 0 Å². The van der Waals surface area contributed by atoms with Crippen LogP contribution in [0.5, 0.6) is 0 Å². The number of fused-ring (bicyclic) bond motifs is 1. The van der Waals surface area contributed by atoms with Crippen molar-refractivity contribution < 1.29 is 14.3 Å². The fraction of sp³-hybridized carbons (Fsp3) is 0.238. The monoisotopic (exact) mass is 335 g/mol. The summed E-state index contributed by atoms with van der Waals surface area (Å²) in [6, 6.07) is 16.9. The van der Waals surface area contributed by atoms with Crippen LogP contribution in [0.25, 0.3) is 10.9 Å². The van der Waals surface area contributed by atoms with Crippen LogP contribution < -0.4 is 0 Å². The maximum absolute atomic E-state index is 12.9. The van der Waals surface area contributed by atoms with E-state index in [0.717, 1.165) is 16.5 Å². The van der Waals surface area contributed by atoms with E-state index in [2.05, 4.69) is 0 Å². The Morgan fingerprint density at radius 2 is 1.72 bits per heavy atom. The van der Waals surface area contributed by atoms with Crippen molar-refractivity contribution in [3.63, 3.8) is 0 Å². The highest BCUT2D eigenvalue weighted by atomic mass is 16.5. The molecule has 0 radical (unpaired) electrons. The highest BCUT2D eigenvalue weighted by molar-refractivity contribution is 6.09. The van der Waals surface area contributed by atoms with Crippen LogP contribution in [0.4, 0.5) is 0 Å². The van der Waals surface area contributed by atoms with Gasteiger partial charge in [0.15, 0.2) is 5.78 Å². The van der Waals surface area contributed by atoms with Gasteiger partial charge in [-0.2, -0.15) is 0 Å². The topological polar surface area (TPSA) is 48.3 Å². The third-order valence-corrected chi connectivity index (χ3v) is 4.35. The van der Waals surface area contributed by atoms with Gasteiger partial charge in [0, 0.05) is 29.7 Å². The number of hydrogen-bond donors (Lipinski definition) is 0. The van der Waals surface area contributed by atoms with Crippen LogP contribution >= 0.6 is 0 Å². The zero-order valence-electron chi connectivity index (χ0n) is 14.4. The molecular weight excluding hydrogens is 314 g/mol. The molecule has 4 nitrogen and oxygen atoms in total. The van der Waals surface area contributed by atoms with Crippen molar-refractivity contribution in [2.45, 2.75) is 13.3 Å². The highest BCUT2D eigenvalue weighted by Crippen LogP contribution is 2.25. The summed E-state index contributed by atoms with van der Waals surface area (Å²) in [4.78, 5) is 25.4. The summed E-state index contributed by atoms with van der Waals surface area (Å²) >= 11 is 0. The lowest BCUT2D eigenvalue weighted by Crippen LogP contribution is -2.28. The maximum atomic E-state index is 12.9. The lowest BCUT2D eigenvalue weighted by molar-refractivity contribution is -0.146. The summed E-state index contributed by atoms with van der Waals surface area (Å²) in [6.45, 7) is 2.01. The van der Waals surface area contributed by atoms with Crippen molar-refractivity contribution in [3.8, 4) is 0 Å². The van der Waals surface area contributed by atoms with Crippen molar-refractivity contribution in [3.05, 3.63) is 71.9 Å². The van der Waals surface area contributed by atoms with Crippen molar-refractivity contribution >= 4 is 22.7 Å². The number of carbonyl (C=O) groups is 2. The molecule has 0 bridgehead atoms. The van der Waals surface area contributed by atoms with Crippen molar-refractivity contribution in [1.29, 1.82) is 0 Å². The van der Waals surface area contributed by atoms with Crippen LogP contribution in [-0.4, -0.2) is 22.9 Å². The molecule has 0 aliphatic rings. The van der Waals surface area contributed by atoms with Crippen LogP contribution in [-0.2, 0) is 23.0 Å². The fourth-order valence-electron chi connectivity index (χ4n) is 3.14. The third-order valence-electron chi connectivity index (χ3n) is 4.35. The summed E-state index contributed by atoms with van der Waals surface area (Å²) in [5.41, 5.74) is 2.58. The van der Waals surface area contributed by atoms with E-state index in [0.29, 0.717) is 12.0 Å². The lowest BCUT2D eigenvalue weighted by atomic mass is 9.91. The minimum Gasteiger partial charge on any atom is -0.465 e. The zero-order valence-corrected chi connectivity index (χ0v) is 14.4. The molecule has 4 heteroatoms. The number of rotatable bonds is 6. The van der Waals surface area contributed by atoms with Crippen molar-refractivity contribution in [2.24, 2.45) is 13.0 Å². The summed E-state index contributed by atoms with van der Waals surface area (Å²) in [5.74, 6) is -1.51. The number of ether oxygens (including phenoxy) is 1. The van der Waals surface area contributed by atoms with E-state index in [1.54, 1.807) is 31.2 Å². The Balaban J connectivity index is 1.97. The van der Waals surface area contributed by atoms with Gasteiger partial charge in [0.25, 0.3) is 0 Å². The van der Waals surface area contributed by atoms with Gasteiger partial charge in [-0.05, 0) is 25.0 Å². The largest absolute Gasteiger partial charge is 0.465 e. The highest BCUT2D eigenvalue weighted by Gasteiger charge is 2.30. The Hall–Kier alpha value is -2.88. The van der Waals surface area contributed by atoms with E-state index in [1.807, 2.05) is 48.1 Å². The van der Waals surface area contributed by atoms with Crippen LogP contribution in [0.3, 0.4) is 0 Å². The Bertz CT molecular complexity index is 896.